The van der Waals surface area contributed by atoms with Gasteiger partial charge in [-0.05, 0) is 25.8 Å². The smallest absolute Gasteiger partial charge is 0.330 e. The number of rotatable bonds is 13. The number of esters is 1. The van der Waals surface area contributed by atoms with Gasteiger partial charge in [-0.25, -0.2) is 4.79 Å². The number of cyclic esters (lactones) is 1. The fraction of sp³-hybridized carbons (Fsp3) is 0.679. The summed E-state index contributed by atoms with van der Waals surface area (Å²) in [5.74, 6) is -0.860. The van der Waals surface area contributed by atoms with Crippen LogP contribution in [0.3, 0.4) is 0 Å². The standard InChI is InChI=1S/C28H42O5/c1-4-5-6-7-11-15-24-19-26(33-28(2,3)32-24)20-25(18-23-16-12-17-27(29)31-23)30-21-22-13-9-8-10-14-22/h8-10,12-14,17,23-26H,4-7,11,15-16,18-21H2,1-3H3/t23-,24+,25-,26+/m0/s1. The molecule has 5 heteroatoms. The molecule has 2 aliphatic heterocycles. The molecule has 0 N–H and O–H groups in total. The molecule has 0 amide bonds. The molecule has 0 bridgehead atoms. The van der Waals surface area contributed by atoms with Crippen molar-refractivity contribution in [2.45, 2.75) is 122 Å². The van der Waals surface area contributed by atoms with Crippen LogP contribution in [0.25, 0.3) is 0 Å². The fourth-order valence-corrected chi connectivity index (χ4v) is 4.84. The molecule has 5 nitrogen and oxygen atoms in total. The maximum Gasteiger partial charge on any atom is 0.330 e. The summed E-state index contributed by atoms with van der Waals surface area (Å²) in [4.78, 5) is 11.7. The Bertz CT molecular complexity index is 729. The average Bonchev–Trinajstić information content (AvgIpc) is 2.77. The second-order valence-corrected chi connectivity index (χ2v) is 9.91. The van der Waals surface area contributed by atoms with Crippen molar-refractivity contribution in [3.05, 3.63) is 48.0 Å². The molecule has 1 aromatic rings. The molecule has 1 fully saturated rings. The molecule has 0 saturated carbocycles. The van der Waals surface area contributed by atoms with Gasteiger partial charge in [0, 0.05) is 31.8 Å². The third-order valence-electron chi connectivity index (χ3n) is 6.37. The van der Waals surface area contributed by atoms with Gasteiger partial charge in [0.1, 0.15) is 6.10 Å². The third-order valence-corrected chi connectivity index (χ3v) is 6.37. The van der Waals surface area contributed by atoms with Crippen LogP contribution in [-0.4, -0.2) is 36.2 Å². The SMILES string of the molecule is CCCCCCC[C@@H]1C[C@H](C[C@H](C[C@@H]2CC=CC(=O)O2)OCc2ccccc2)OC(C)(C)O1. The summed E-state index contributed by atoms with van der Waals surface area (Å²) in [7, 11) is 0. The Morgan fingerprint density at radius 2 is 1.73 bits per heavy atom. The molecule has 1 aromatic carbocycles. The van der Waals surface area contributed by atoms with Crippen molar-refractivity contribution in [3.63, 3.8) is 0 Å². The fourth-order valence-electron chi connectivity index (χ4n) is 4.84. The minimum atomic E-state index is -0.596. The van der Waals surface area contributed by atoms with Gasteiger partial charge in [-0.1, -0.05) is 75.4 Å². The van der Waals surface area contributed by atoms with E-state index in [-0.39, 0.29) is 30.4 Å². The molecule has 0 unspecified atom stereocenters. The predicted octanol–water partition coefficient (Wildman–Crippen LogP) is 6.49. The Hall–Kier alpha value is -1.69. The number of ether oxygens (including phenoxy) is 4. The number of benzene rings is 1. The van der Waals surface area contributed by atoms with Gasteiger partial charge < -0.3 is 18.9 Å². The highest BCUT2D eigenvalue weighted by molar-refractivity contribution is 5.82. The van der Waals surface area contributed by atoms with Gasteiger partial charge >= 0.3 is 5.97 Å². The van der Waals surface area contributed by atoms with Crippen molar-refractivity contribution in [3.8, 4) is 0 Å². The Balaban J connectivity index is 1.58. The van der Waals surface area contributed by atoms with E-state index in [1.54, 1.807) is 0 Å². The Morgan fingerprint density at radius 3 is 2.48 bits per heavy atom. The number of unbranched alkanes of at least 4 members (excludes halogenated alkanes) is 4. The molecule has 0 aromatic heterocycles. The van der Waals surface area contributed by atoms with Crippen LogP contribution in [0.15, 0.2) is 42.5 Å². The maximum atomic E-state index is 11.7. The van der Waals surface area contributed by atoms with Gasteiger partial charge in [0.2, 0.25) is 0 Å². The number of carbonyl (C=O) groups is 1. The zero-order chi connectivity index (χ0) is 23.5. The van der Waals surface area contributed by atoms with E-state index < -0.39 is 5.79 Å². The molecule has 2 heterocycles. The first-order chi connectivity index (χ1) is 15.9. The molecule has 3 rings (SSSR count). The molecule has 33 heavy (non-hydrogen) atoms. The van der Waals surface area contributed by atoms with Crippen LogP contribution >= 0.6 is 0 Å². The van der Waals surface area contributed by atoms with Crippen LogP contribution < -0.4 is 0 Å². The van der Waals surface area contributed by atoms with Crippen molar-refractivity contribution in [1.82, 2.24) is 0 Å². The van der Waals surface area contributed by atoms with Crippen molar-refractivity contribution in [2.75, 3.05) is 0 Å². The van der Waals surface area contributed by atoms with Crippen LogP contribution in [-0.2, 0) is 30.3 Å². The topological polar surface area (TPSA) is 54.0 Å². The van der Waals surface area contributed by atoms with E-state index in [9.17, 15) is 4.79 Å². The van der Waals surface area contributed by atoms with Gasteiger partial charge in [-0.2, -0.15) is 0 Å². The van der Waals surface area contributed by atoms with Crippen molar-refractivity contribution < 1.29 is 23.7 Å². The second kappa shape index (κ2) is 13.3. The molecule has 1 saturated heterocycles. The highest BCUT2D eigenvalue weighted by Gasteiger charge is 2.37. The number of hydrogen-bond donors (Lipinski definition) is 0. The van der Waals surface area contributed by atoms with Crippen LogP contribution in [0.2, 0.25) is 0 Å². The first kappa shape index (κ1) is 25.9. The number of hydrogen-bond acceptors (Lipinski definition) is 5. The lowest BCUT2D eigenvalue weighted by molar-refractivity contribution is -0.304. The Morgan fingerprint density at radius 1 is 1.00 bits per heavy atom. The summed E-state index contributed by atoms with van der Waals surface area (Å²) in [6.45, 7) is 6.80. The van der Waals surface area contributed by atoms with Gasteiger partial charge in [-0.3, -0.25) is 0 Å². The van der Waals surface area contributed by atoms with Gasteiger partial charge in [-0.15, -0.1) is 0 Å². The summed E-state index contributed by atoms with van der Waals surface area (Å²) < 4.78 is 24.5. The lowest BCUT2D eigenvalue weighted by Gasteiger charge is -2.42. The Kier molecular flexibility index (Phi) is 10.4. The van der Waals surface area contributed by atoms with Crippen molar-refractivity contribution in [1.29, 1.82) is 0 Å². The van der Waals surface area contributed by atoms with Crippen LogP contribution in [0, 0.1) is 0 Å². The zero-order valence-electron chi connectivity index (χ0n) is 20.7. The van der Waals surface area contributed by atoms with Gasteiger partial charge in [0.25, 0.3) is 0 Å². The molecule has 0 aliphatic carbocycles. The summed E-state index contributed by atoms with van der Waals surface area (Å²) in [5, 5.41) is 0. The molecular weight excluding hydrogens is 416 g/mol. The summed E-state index contributed by atoms with van der Waals surface area (Å²) in [6.07, 6.45) is 13.9. The summed E-state index contributed by atoms with van der Waals surface area (Å²) in [6, 6.07) is 10.2. The predicted molar refractivity (Wildman–Crippen MR) is 130 cm³/mol. The minimum Gasteiger partial charge on any atom is -0.459 e. The number of carbonyl (C=O) groups excluding carboxylic acids is 1. The molecular formula is C28H42O5. The van der Waals surface area contributed by atoms with Gasteiger partial charge in [0.05, 0.1) is 24.9 Å². The molecule has 4 atom stereocenters. The highest BCUT2D eigenvalue weighted by Crippen LogP contribution is 2.33. The molecule has 0 radical (unpaired) electrons. The van der Waals surface area contributed by atoms with E-state index in [0.29, 0.717) is 13.0 Å². The van der Waals surface area contributed by atoms with Crippen LogP contribution in [0.4, 0.5) is 0 Å². The van der Waals surface area contributed by atoms with E-state index in [4.69, 9.17) is 18.9 Å². The van der Waals surface area contributed by atoms with E-state index in [1.165, 1.54) is 38.2 Å². The first-order valence-corrected chi connectivity index (χ1v) is 12.8. The minimum absolute atomic E-state index is 0.0568. The van der Waals surface area contributed by atoms with Gasteiger partial charge in [0.15, 0.2) is 5.79 Å². The van der Waals surface area contributed by atoms with Crippen molar-refractivity contribution >= 4 is 5.97 Å². The summed E-state index contributed by atoms with van der Waals surface area (Å²) >= 11 is 0. The average molecular weight is 459 g/mol. The largest absolute Gasteiger partial charge is 0.459 e. The third kappa shape index (κ3) is 9.60. The second-order valence-electron chi connectivity index (χ2n) is 9.91. The van der Waals surface area contributed by atoms with E-state index in [2.05, 4.69) is 19.1 Å². The van der Waals surface area contributed by atoms with Crippen LogP contribution in [0.1, 0.15) is 90.5 Å². The summed E-state index contributed by atoms with van der Waals surface area (Å²) in [5.41, 5.74) is 1.14. The monoisotopic (exact) mass is 458 g/mol. The van der Waals surface area contributed by atoms with E-state index in [0.717, 1.165) is 31.2 Å². The first-order valence-electron chi connectivity index (χ1n) is 12.8. The quantitative estimate of drug-likeness (QED) is 0.250. The van der Waals surface area contributed by atoms with E-state index in [1.807, 2.05) is 38.1 Å². The van der Waals surface area contributed by atoms with Crippen molar-refractivity contribution in [2.24, 2.45) is 0 Å². The maximum absolute atomic E-state index is 11.7. The lowest BCUT2D eigenvalue weighted by atomic mass is 9.95. The molecule has 184 valence electrons. The highest BCUT2D eigenvalue weighted by atomic mass is 16.7. The molecule has 0 spiro atoms. The van der Waals surface area contributed by atoms with E-state index >= 15 is 0 Å². The lowest BCUT2D eigenvalue weighted by Crippen LogP contribution is -2.46. The van der Waals surface area contributed by atoms with Crippen LogP contribution in [0.5, 0.6) is 0 Å². The normalized spacial score (nSPS) is 25.5. The molecule has 2 aliphatic rings. The Labute approximate surface area is 199 Å². The zero-order valence-corrected chi connectivity index (χ0v) is 20.7.